The van der Waals surface area contributed by atoms with E-state index in [0.29, 0.717) is 18.2 Å². The van der Waals surface area contributed by atoms with Gasteiger partial charge in [-0.15, -0.1) is 0 Å². The molecule has 1 saturated heterocycles. The fourth-order valence-corrected chi connectivity index (χ4v) is 4.06. The first-order valence-electron chi connectivity index (χ1n) is 9.98. The first-order valence-corrected chi connectivity index (χ1v) is 9.98. The van der Waals surface area contributed by atoms with Crippen molar-refractivity contribution in [2.45, 2.75) is 38.5 Å². The summed E-state index contributed by atoms with van der Waals surface area (Å²) in [5.74, 6) is 1.78. The Morgan fingerprint density at radius 2 is 2.03 bits per heavy atom. The maximum Gasteiger partial charge on any atom is 0.234 e. The van der Waals surface area contributed by atoms with Crippen LogP contribution in [0.25, 0.3) is 5.82 Å². The van der Waals surface area contributed by atoms with Crippen LogP contribution < -0.4 is 10.2 Å². The Bertz CT molecular complexity index is 1000. The second-order valence-corrected chi connectivity index (χ2v) is 7.49. The Kier molecular flexibility index (Phi) is 4.66. The number of hydrogen-bond donors (Lipinski definition) is 1. The van der Waals surface area contributed by atoms with Crippen molar-refractivity contribution in [3.8, 4) is 5.82 Å². The van der Waals surface area contributed by atoms with Crippen LogP contribution in [-0.2, 0) is 17.6 Å². The van der Waals surface area contributed by atoms with Crippen LogP contribution in [0.4, 0.5) is 11.7 Å². The van der Waals surface area contributed by atoms with Crippen LogP contribution in [0.2, 0.25) is 0 Å². The van der Waals surface area contributed by atoms with E-state index in [1.54, 1.807) is 11.0 Å². The summed E-state index contributed by atoms with van der Waals surface area (Å²) in [6, 6.07) is 1.86. The first kappa shape index (κ1) is 17.8. The van der Waals surface area contributed by atoms with Gasteiger partial charge in [-0.25, -0.2) is 19.6 Å². The lowest BCUT2D eigenvalue weighted by atomic mass is 9.96. The van der Waals surface area contributed by atoms with Crippen molar-refractivity contribution >= 4 is 17.6 Å². The molecule has 1 atom stereocenters. The number of carbonyl (C=O) groups is 1. The molecule has 4 heterocycles. The molecule has 29 heavy (non-hydrogen) atoms. The van der Waals surface area contributed by atoms with Crippen LogP contribution in [0.15, 0.2) is 29.6 Å². The van der Waals surface area contributed by atoms with E-state index in [1.165, 1.54) is 12.7 Å². The van der Waals surface area contributed by atoms with Crippen molar-refractivity contribution in [1.29, 1.82) is 0 Å². The zero-order valence-electron chi connectivity index (χ0n) is 16.0. The fraction of sp³-hybridized carbons (Fsp3) is 0.474. The maximum atomic E-state index is 12.9. The van der Waals surface area contributed by atoms with Crippen molar-refractivity contribution in [2.24, 2.45) is 5.92 Å². The molecule has 5 rings (SSSR count). The molecule has 1 N–H and O–H groups in total. The van der Waals surface area contributed by atoms with Gasteiger partial charge in [-0.1, -0.05) is 5.16 Å². The van der Waals surface area contributed by atoms with E-state index in [2.05, 4.69) is 35.4 Å². The van der Waals surface area contributed by atoms with Crippen LogP contribution in [0.5, 0.6) is 0 Å². The summed E-state index contributed by atoms with van der Waals surface area (Å²) >= 11 is 0. The van der Waals surface area contributed by atoms with Crippen molar-refractivity contribution < 1.29 is 9.32 Å². The lowest BCUT2D eigenvalue weighted by Gasteiger charge is -2.32. The smallest absolute Gasteiger partial charge is 0.234 e. The molecule has 0 saturated carbocycles. The predicted octanol–water partition coefficient (Wildman–Crippen LogP) is 1.78. The third-order valence-electron chi connectivity index (χ3n) is 5.60. The van der Waals surface area contributed by atoms with Gasteiger partial charge in [0.15, 0.2) is 5.82 Å². The summed E-state index contributed by atoms with van der Waals surface area (Å²) in [6.45, 7) is 1.44. The number of aryl methyl sites for hydroxylation is 1. The van der Waals surface area contributed by atoms with Crippen molar-refractivity contribution in [2.75, 3.05) is 23.3 Å². The highest BCUT2D eigenvalue weighted by molar-refractivity contribution is 5.92. The lowest BCUT2D eigenvalue weighted by Crippen LogP contribution is -2.41. The molecule has 1 amide bonds. The monoisotopic (exact) mass is 394 g/mol. The van der Waals surface area contributed by atoms with E-state index in [0.717, 1.165) is 62.1 Å². The van der Waals surface area contributed by atoms with E-state index in [9.17, 15) is 4.79 Å². The number of carbonyl (C=O) groups excluding carboxylic acids is 1. The summed E-state index contributed by atoms with van der Waals surface area (Å²) in [4.78, 5) is 27.6. The van der Waals surface area contributed by atoms with Crippen LogP contribution in [-0.4, -0.2) is 48.9 Å². The van der Waals surface area contributed by atoms with E-state index < -0.39 is 0 Å². The second kappa shape index (κ2) is 7.61. The van der Waals surface area contributed by atoms with Gasteiger partial charge in [-0.05, 0) is 38.5 Å². The molecule has 1 aliphatic carbocycles. The van der Waals surface area contributed by atoms with Crippen molar-refractivity contribution in [1.82, 2.24) is 29.9 Å². The number of aromatic nitrogens is 6. The van der Waals surface area contributed by atoms with Gasteiger partial charge < -0.3 is 9.42 Å². The van der Waals surface area contributed by atoms with Gasteiger partial charge in [0.2, 0.25) is 11.8 Å². The van der Waals surface area contributed by atoms with Crippen molar-refractivity contribution in [3.05, 3.63) is 36.3 Å². The Labute approximate surface area is 167 Å². The number of fused-ring (bicyclic) bond motifs is 1. The maximum absolute atomic E-state index is 12.9. The first-order chi connectivity index (χ1) is 14.3. The van der Waals surface area contributed by atoms with Crippen LogP contribution in [0.1, 0.15) is 36.9 Å². The number of hydrogen-bond acceptors (Lipinski definition) is 8. The topological polar surface area (TPSA) is 115 Å². The van der Waals surface area contributed by atoms with Gasteiger partial charge in [0, 0.05) is 24.7 Å². The molecular weight excluding hydrogens is 372 g/mol. The Hall–Kier alpha value is -3.30. The molecule has 0 radical (unpaired) electrons. The second-order valence-electron chi connectivity index (χ2n) is 7.49. The van der Waals surface area contributed by atoms with E-state index in [1.807, 2.05) is 6.07 Å². The summed E-state index contributed by atoms with van der Waals surface area (Å²) in [5, 5.41) is 11.2. The van der Waals surface area contributed by atoms with Gasteiger partial charge in [-0.3, -0.25) is 10.1 Å². The molecule has 0 unspecified atom stereocenters. The highest BCUT2D eigenvalue weighted by Crippen LogP contribution is 2.29. The van der Waals surface area contributed by atoms with E-state index in [-0.39, 0.29) is 11.8 Å². The molecule has 0 spiro atoms. The van der Waals surface area contributed by atoms with Gasteiger partial charge in [-0.2, -0.15) is 5.10 Å². The number of nitrogens with zero attached hydrogens (tertiary/aromatic N) is 7. The third-order valence-corrected chi connectivity index (χ3v) is 5.60. The van der Waals surface area contributed by atoms with Gasteiger partial charge >= 0.3 is 0 Å². The Morgan fingerprint density at radius 3 is 2.93 bits per heavy atom. The average molecular weight is 394 g/mol. The molecule has 150 valence electrons. The summed E-state index contributed by atoms with van der Waals surface area (Å²) in [7, 11) is 0. The van der Waals surface area contributed by atoms with Gasteiger partial charge in [0.05, 0.1) is 11.6 Å². The largest absolute Gasteiger partial charge is 0.356 e. The molecule has 2 aliphatic rings. The van der Waals surface area contributed by atoms with Crippen LogP contribution in [0.3, 0.4) is 0 Å². The van der Waals surface area contributed by atoms with E-state index in [4.69, 9.17) is 4.52 Å². The molecule has 1 fully saturated rings. The number of nitrogens with one attached hydrogen (secondary N) is 1. The fourth-order valence-electron chi connectivity index (χ4n) is 4.06. The quantitative estimate of drug-likeness (QED) is 0.712. The molecule has 0 bridgehead atoms. The highest BCUT2D eigenvalue weighted by atomic mass is 16.5. The normalized spacial score (nSPS) is 19.0. The SMILES string of the molecule is O=C(Nc1onc2c1CCCC2)[C@@H]1CCCN(c2cc(-n3cncn3)ncn2)C1. The predicted molar refractivity (Wildman–Crippen MR) is 104 cm³/mol. The van der Waals surface area contributed by atoms with Gasteiger partial charge in [0.25, 0.3) is 0 Å². The third kappa shape index (κ3) is 3.57. The molecule has 1 aliphatic heterocycles. The minimum Gasteiger partial charge on any atom is -0.356 e. The molecule has 3 aromatic heterocycles. The summed E-state index contributed by atoms with van der Waals surface area (Å²) in [5.41, 5.74) is 2.05. The molecule has 10 nitrogen and oxygen atoms in total. The van der Waals surface area contributed by atoms with E-state index >= 15 is 0 Å². The summed E-state index contributed by atoms with van der Waals surface area (Å²) in [6.07, 6.45) is 10.4. The molecule has 10 heteroatoms. The number of piperidine rings is 1. The zero-order valence-corrected chi connectivity index (χ0v) is 16.0. The Balaban J connectivity index is 1.29. The van der Waals surface area contributed by atoms with Gasteiger partial charge in [0.1, 0.15) is 24.8 Å². The minimum absolute atomic E-state index is 0.0234. The summed E-state index contributed by atoms with van der Waals surface area (Å²) < 4.78 is 7.01. The van der Waals surface area contributed by atoms with Crippen LogP contribution in [0, 0.1) is 5.92 Å². The number of anilines is 2. The standard InChI is InChI=1S/C19H22N8O2/c28-18(24-19-14-5-1-2-6-15(14)25-29-19)13-4-3-7-26(9-13)16-8-17(22-11-21-16)27-12-20-10-23-27/h8,10-13H,1-7,9H2,(H,24,28)/t13-/m1/s1. The zero-order chi connectivity index (χ0) is 19.6. The highest BCUT2D eigenvalue weighted by Gasteiger charge is 2.29. The molecule has 3 aromatic rings. The Morgan fingerprint density at radius 1 is 1.14 bits per heavy atom. The number of rotatable bonds is 4. The number of amides is 1. The minimum atomic E-state index is -0.141. The van der Waals surface area contributed by atoms with Crippen molar-refractivity contribution in [3.63, 3.8) is 0 Å². The average Bonchev–Trinajstić information content (AvgIpc) is 3.45. The molecule has 0 aromatic carbocycles. The lowest BCUT2D eigenvalue weighted by molar-refractivity contribution is -0.120. The molecular formula is C19H22N8O2. The van der Waals surface area contributed by atoms with Crippen LogP contribution >= 0.6 is 0 Å².